The van der Waals surface area contributed by atoms with Gasteiger partial charge in [-0.2, -0.15) is 9.36 Å². The fraction of sp³-hybridized carbons (Fsp3) is 0.500. The van der Waals surface area contributed by atoms with E-state index >= 15 is 0 Å². The van der Waals surface area contributed by atoms with E-state index in [2.05, 4.69) is 14.5 Å². The highest BCUT2D eigenvalue weighted by atomic mass is 32.1. The van der Waals surface area contributed by atoms with Crippen molar-refractivity contribution in [3.05, 3.63) is 5.82 Å². The molecule has 1 aliphatic rings. The summed E-state index contributed by atoms with van der Waals surface area (Å²) in [5.41, 5.74) is 5.01. The highest BCUT2D eigenvalue weighted by Gasteiger charge is 2.22. The van der Waals surface area contributed by atoms with Crippen LogP contribution in [0.1, 0.15) is 12.2 Å². The Morgan fingerprint density at radius 1 is 1.71 bits per heavy atom. The minimum Gasteiger partial charge on any atom is -0.476 e. The van der Waals surface area contributed by atoms with Gasteiger partial charge in [-0.05, 0) is 0 Å². The largest absolute Gasteiger partial charge is 0.476 e. The number of oxime groups is 1. The lowest BCUT2D eigenvalue weighted by Gasteiger charge is -2.05. The number of carboxylic acid groups (broad SMARTS) is 1. The third-order valence-electron chi connectivity index (χ3n) is 2.04. The maximum Gasteiger partial charge on any atom is 0.362 e. The molecule has 1 saturated heterocycles. The summed E-state index contributed by atoms with van der Waals surface area (Å²) in [6.07, 6.45) is 0.462. The number of nitrogen functional groups attached to an aromatic ring is 1. The molecule has 0 saturated carbocycles. The average molecular weight is 258 g/mol. The smallest absolute Gasteiger partial charge is 0.362 e. The minimum absolute atomic E-state index is 0.0427. The van der Waals surface area contributed by atoms with Crippen molar-refractivity contribution in [2.24, 2.45) is 5.16 Å². The zero-order chi connectivity index (χ0) is 12.3. The fourth-order valence-electron chi connectivity index (χ4n) is 1.23. The lowest BCUT2D eigenvalue weighted by atomic mass is 10.3. The van der Waals surface area contributed by atoms with E-state index in [-0.39, 0.29) is 22.8 Å². The molecule has 0 spiro atoms. The second kappa shape index (κ2) is 5.06. The van der Waals surface area contributed by atoms with E-state index in [0.29, 0.717) is 19.6 Å². The van der Waals surface area contributed by atoms with Gasteiger partial charge in [0.25, 0.3) is 0 Å². The third-order valence-corrected chi connectivity index (χ3v) is 2.58. The predicted molar refractivity (Wildman–Crippen MR) is 58.8 cm³/mol. The number of carboxylic acids is 1. The molecule has 2 rings (SSSR count). The van der Waals surface area contributed by atoms with Gasteiger partial charge in [0, 0.05) is 18.0 Å². The first-order valence-corrected chi connectivity index (χ1v) is 5.58. The van der Waals surface area contributed by atoms with Crippen LogP contribution in [0.2, 0.25) is 0 Å². The Bertz CT molecular complexity index is 440. The topological polar surface area (TPSA) is 120 Å². The van der Waals surface area contributed by atoms with Crippen LogP contribution in [-0.4, -0.2) is 45.5 Å². The van der Waals surface area contributed by atoms with Gasteiger partial charge in [-0.25, -0.2) is 4.79 Å². The zero-order valence-electron chi connectivity index (χ0n) is 8.70. The monoisotopic (exact) mass is 258 g/mol. The maximum absolute atomic E-state index is 11.0. The molecule has 1 atom stereocenters. The molecule has 1 unspecified atom stereocenters. The Hall–Kier alpha value is -1.74. The van der Waals surface area contributed by atoms with Gasteiger partial charge >= 0.3 is 5.97 Å². The van der Waals surface area contributed by atoms with Crippen molar-refractivity contribution in [1.29, 1.82) is 0 Å². The first-order valence-electron chi connectivity index (χ1n) is 4.81. The molecule has 0 radical (unpaired) electrons. The Morgan fingerprint density at radius 2 is 2.53 bits per heavy atom. The molecule has 1 aromatic rings. The van der Waals surface area contributed by atoms with Gasteiger partial charge in [-0.1, -0.05) is 5.16 Å². The van der Waals surface area contributed by atoms with Gasteiger partial charge in [0.1, 0.15) is 0 Å². The Morgan fingerprint density at radius 3 is 3.06 bits per heavy atom. The van der Waals surface area contributed by atoms with Crippen molar-refractivity contribution < 1.29 is 19.5 Å². The van der Waals surface area contributed by atoms with Crippen LogP contribution in [0.4, 0.5) is 5.13 Å². The Kier molecular flexibility index (Phi) is 3.49. The summed E-state index contributed by atoms with van der Waals surface area (Å²) < 4.78 is 8.83. The highest BCUT2D eigenvalue weighted by molar-refractivity contribution is 7.09. The number of aliphatic carboxylic acids is 1. The van der Waals surface area contributed by atoms with Crippen molar-refractivity contribution in [1.82, 2.24) is 9.36 Å². The van der Waals surface area contributed by atoms with Gasteiger partial charge in [0.15, 0.2) is 11.2 Å². The number of nitrogens with two attached hydrogens (primary N) is 1. The molecule has 3 N–H and O–H groups in total. The van der Waals surface area contributed by atoms with Crippen LogP contribution in [0.3, 0.4) is 0 Å². The second-order valence-electron chi connectivity index (χ2n) is 3.29. The lowest BCUT2D eigenvalue weighted by Crippen LogP contribution is -2.19. The molecule has 1 aromatic heterocycles. The van der Waals surface area contributed by atoms with Gasteiger partial charge in [-0.3, -0.25) is 0 Å². The van der Waals surface area contributed by atoms with Crippen LogP contribution in [-0.2, 0) is 14.4 Å². The van der Waals surface area contributed by atoms with E-state index in [1.54, 1.807) is 0 Å². The summed E-state index contributed by atoms with van der Waals surface area (Å²) in [6.45, 7) is 0.994. The van der Waals surface area contributed by atoms with E-state index in [0.717, 1.165) is 11.5 Å². The summed E-state index contributed by atoms with van der Waals surface area (Å²) in [5.74, 6) is -1.30. The quantitative estimate of drug-likeness (QED) is 0.562. The van der Waals surface area contributed by atoms with Gasteiger partial charge in [0.05, 0.1) is 13.2 Å². The number of anilines is 1. The molecule has 2 heterocycles. The maximum atomic E-state index is 11.0. The third kappa shape index (κ3) is 2.88. The lowest BCUT2D eigenvalue weighted by molar-refractivity contribution is -0.129. The molecular weight excluding hydrogens is 248 g/mol. The van der Waals surface area contributed by atoms with Crippen molar-refractivity contribution in [3.8, 4) is 0 Å². The molecule has 0 aromatic carbocycles. The van der Waals surface area contributed by atoms with Crippen LogP contribution in [0.15, 0.2) is 5.16 Å². The van der Waals surface area contributed by atoms with E-state index in [1.807, 2.05) is 0 Å². The zero-order valence-corrected chi connectivity index (χ0v) is 9.51. The summed E-state index contributed by atoms with van der Waals surface area (Å²) in [6, 6.07) is 0. The van der Waals surface area contributed by atoms with Gasteiger partial charge in [-0.15, -0.1) is 0 Å². The average Bonchev–Trinajstić information content (AvgIpc) is 2.90. The highest BCUT2D eigenvalue weighted by Crippen LogP contribution is 2.11. The van der Waals surface area contributed by atoms with Crippen LogP contribution < -0.4 is 5.73 Å². The van der Waals surface area contributed by atoms with Gasteiger partial charge < -0.3 is 20.4 Å². The molecule has 0 aliphatic carbocycles. The number of carbonyl (C=O) groups is 1. The SMILES string of the molecule is Nc1nc(/C(=N/OC2CCOC2)C(=O)O)ns1. The first kappa shape index (κ1) is 11.7. The molecule has 1 fully saturated rings. The number of aromatic nitrogens is 2. The molecule has 92 valence electrons. The summed E-state index contributed by atoms with van der Waals surface area (Å²) >= 11 is 0.901. The van der Waals surface area contributed by atoms with E-state index < -0.39 is 5.97 Å². The fourth-order valence-corrected chi connectivity index (χ4v) is 1.66. The summed E-state index contributed by atoms with van der Waals surface area (Å²) in [5, 5.41) is 12.7. The van der Waals surface area contributed by atoms with Crippen LogP contribution in [0.25, 0.3) is 0 Å². The van der Waals surface area contributed by atoms with Crippen LogP contribution >= 0.6 is 11.5 Å². The number of ether oxygens (including phenoxy) is 1. The minimum atomic E-state index is -1.26. The number of hydrogen-bond acceptors (Lipinski definition) is 8. The van der Waals surface area contributed by atoms with Crippen molar-refractivity contribution >= 4 is 28.3 Å². The molecule has 0 bridgehead atoms. The van der Waals surface area contributed by atoms with E-state index in [4.69, 9.17) is 20.4 Å². The molecule has 8 nitrogen and oxygen atoms in total. The normalized spacial score (nSPS) is 20.5. The molecule has 1 aliphatic heterocycles. The Labute approximate surface area is 100 Å². The predicted octanol–water partition coefficient (Wildman–Crippen LogP) is -0.286. The van der Waals surface area contributed by atoms with Crippen molar-refractivity contribution in [3.63, 3.8) is 0 Å². The van der Waals surface area contributed by atoms with E-state index in [9.17, 15) is 4.79 Å². The Balaban J connectivity index is 2.11. The van der Waals surface area contributed by atoms with Gasteiger partial charge in [0.2, 0.25) is 11.5 Å². The van der Waals surface area contributed by atoms with Crippen LogP contribution in [0.5, 0.6) is 0 Å². The van der Waals surface area contributed by atoms with Crippen molar-refractivity contribution in [2.75, 3.05) is 18.9 Å². The molecular formula is C8H10N4O4S. The van der Waals surface area contributed by atoms with Crippen molar-refractivity contribution in [2.45, 2.75) is 12.5 Å². The molecule has 9 heteroatoms. The van der Waals surface area contributed by atoms with Crippen LogP contribution in [0, 0.1) is 0 Å². The number of hydrogen-bond donors (Lipinski definition) is 2. The van der Waals surface area contributed by atoms with E-state index in [1.165, 1.54) is 0 Å². The number of nitrogens with zero attached hydrogens (tertiary/aromatic N) is 3. The number of rotatable bonds is 4. The standard InChI is InChI=1S/C8H10N4O4S/c9-8-10-6(12-17-8)5(7(13)14)11-16-4-1-2-15-3-4/h4H,1-3H2,(H,13,14)(H2,9,10,12)/b11-5-. The molecule has 0 amide bonds. The molecule has 17 heavy (non-hydrogen) atoms. The second-order valence-corrected chi connectivity index (χ2v) is 4.08. The first-order chi connectivity index (χ1) is 8.16. The summed E-state index contributed by atoms with van der Waals surface area (Å²) in [4.78, 5) is 19.8. The summed E-state index contributed by atoms with van der Waals surface area (Å²) in [7, 11) is 0.